The van der Waals surface area contributed by atoms with Crippen LogP contribution in [0.1, 0.15) is 47.5 Å². The van der Waals surface area contributed by atoms with Crippen LogP contribution in [0, 0.1) is 5.41 Å². The van der Waals surface area contributed by atoms with Crippen molar-refractivity contribution in [2.45, 2.75) is 47.5 Å². The molecular weight excluding hydrogens is 199 g/mol. The monoisotopic (exact) mass is 229 g/mol. The minimum Gasteiger partial charge on any atom is -0.0995 e. The highest BCUT2D eigenvalue weighted by Gasteiger charge is 2.31. The van der Waals surface area contributed by atoms with Crippen LogP contribution in [-0.4, -0.2) is 24.6 Å². The molecule has 0 nitrogen and oxygen atoms in total. The van der Waals surface area contributed by atoms with Gasteiger partial charge in [0.25, 0.3) is 0 Å². The average Bonchev–Trinajstić information content (AvgIpc) is 2.14. The van der Waals surface area contributed by atoms with Gasteiger partial charge in [-0.2, -0.15) is 0 Å². The molecule has 0 bridgehead atoms. The Hall–Kier alpha value is 0.170. The van der Waals surface area contributed by atoms with Crippen molar-refractivity contribution in [1.29, 1.82) is 0 Å². The molecule has 0 radical (unpaired) electrons. The van der Waals surface area contributed by atoms with E-state index >= 15 is 0 Å². The second-order valence-corrected chi connectivity index (χ2v) is 10.6. The van der Waals surface area contributed by atoms with Gasteiger partial charge in [0.15, 0.2) is 0 Å². The maximum atomic E-state index is 3.93. The Bertz CT molecular complexity index is 172. The van der Waals surface area contributed by atoms with Gasteiger partial charge in [-0.1, -0.05) is 33.4 Å². The first-order chi connectivity index (χ1) is 6.89. The second-order valence-electron chi connectivity index (χ2n) is 5.83. The summed E-state index contributed by atoms with van der Waals surface area (Å²) in [6, 6.07) is 0. The van der Waals surface area contributed by atoms with E-state index in [1.54, 1.807) is 0 Å². The van der Waals surface area contributed by atoms with E-state index in [0.717, 1.165) is 0 Å². The highest BCUT2D eigenvalue weighted by Crippen LogP contribution is 2.58. The highest BCUT2D eigenvalue weighted by molar-refractivity contribution is 7.76. The van der Waals surface area contributed by atoms with Gasteiger partial charge >= 0.3 is 0 Å². The normalized spacial score (nSPS) is 12.9. The quantitative estimate of drug-likeness (QED) is 0.423. The summed E-state index contributed by atoms with van der Waals surface area (Å²) in [5.74, 6) is 0. The van der Waals surface area contributed by atoms with Crippen LogP contribution in [0.3, 0.4) is 0 Å². The third-order valence-corrected chi connectivity index (χ3v) is 8.40. The zero-order valence-corrected chi connectivity index (χ0v) is 12.4. The molecule has 90 valence electrons. The fourth-order valence-electron chi connectivity index (χ4n) is 2.11. The fraction of sp³-hybridized carbons (Fsp3) is 0.857. The molecule has 0 unspecified atom stereocenters. The van der Waals surface area contributed by atoms with Crippen LogP contribution in [-0.2, 0) is 0 Å². The number of hydrogen-bond acceptors (Lipinski definition) is 0. The van der Waals surface area contributed by atoms with Crippen LogP contribution in [0.5, 0.6) is 0 Å². The summed E-state index contributed by atoms with van der Waals surface area (Å²) < 4.78 is 0. The number of rotatable bonds is 7. The van der Waals surface area contributed by atoms with Gasteiger partial charge in [-0.05, 0) is 32.1 Å². The molecule has 0 aliphatic rings. The number of hydrogen-bond donors (Lipinski definition) is 0. The molecule has 0 spiro atoms. The van der Waals surface area contributed by atoms with E-state index in [2.05, 4.69) is 47.3 Å². The first-order valence-electron chi connectivity index (χ1n) is 6.35. The van der Waals surface area contributed by atoms with E-state index in [0.29, 0.717) is 5.41 Å². The van der Waals surface area contributed by atoms with Crippen LogP contribution in [0.4, 0.5) is 0 Å². The first kappa shape index (κ1) is 15.2. The van der Waals surface area contributed by atoms with E-state index in [4.69, 9.17) is 0 Å². The van der Waals surface area contributed by atoms with E-state index in [1.165, 1.54) is 37.5 Å². The van der Waals surface area contributed by atoms with E-state index in [1.807, 2.05) is 0 Å². The molecule has 0 aromatic carbocycles. The summed E-state index contributed by atoms with van der Waals surface area (Å²) in [7, 11) is -0.662. The van der Waals surface area contributed by atoms with Crippen molar-refractivity contribution in [2.24, 2.45) is 5.41 Å². The molecule has 0 saturated heterocycles. The van der Waals surface area contributed by atoms with Crippen molar-refractivity contribution in [2.75, 3.05) is 24.6 Å². The molecule has 0 aromatic heterocycles. The van der Waals surface area contributed by atoms with Crippen LogP contribution < -0.4 is 0 Å². The van der Waals surface area contributed by atoms with Crippen LogP contribution >= 0.6 is 7.26 Å². The lowest BCUT2D eigenvalue weighted by molar-refractivity contribution is 0.374. The minimum absolute atomic E-state index is 0.505. The molecule has 0 saturated carbocycles. The third kappa shape index (κ3) is 6.36. The van der Waals surface area contributed by atoms with Gasteiger partial charge in [-0.25, -0.2) is 0 Å². The predicted octanol–water partition coefficient (Wildman–Crippen LogP) is 5.06. The summed E-state index contributed by atoms with van der Waals surface area (Å²) in [5.41, 5.74) is 0.505. The van der Waals surface area contributed by atoms with Crippen LogP contribution in [0.15, 0.2) is 12.7 Å². The molecular formula is C14H30P+. The van der Waals surface area contributed by atoms with Crippen molar-refractivity contribution in [3.8, 4) is 0 Å². The standard InChI is InChI=1S/C14H30P/c1-7-12-15(8-2,9-3)13-10-11-14(4,5)6/h7H,1,8-13H2,2-6H3/q+1. The molecule has 0 amide bonds. The smallest absolute Gasteiger partial charge is 0.0770 e. The summed E-state index contributed by atoms with van der Waals surface area (Å²) in [5, 5.41) is 0. The van der Waals surface area contributed by atoms with Crippen molar-refractivity contribution in [3.63, 3.8) is 0 Å². The highest BCUT2D eigenvalue weighted by atomic mass is 31.2. The lowest BCUT2D eigenvalue weighted by Crippen LogP contribution is -2.11. The zero-order valence-electron chi connectivity index (χ0n) is 11.5. The summed E-state index contributed by atoms with van der Waals surface area (Å²) >= 11 is 0. The summed E-state index contributed by atoms with van der Waals surface area (Å²) in [6.45, 7) is 15.7. The molecule has 0 aromatic rings. The molecule has 0 aliphatic carbocycles. The van der Waals surface area contributed by atoms with Gasteiger partial charge in [-0.15, -0.1) is 0 Å². The van der Waals surface area contributed by atoms with Gasteiger partial charge < -0.3 is 0 Å². The second kappa shape index (κ2) is 6.69. The fourth-order valence-corrected chi connectivity index (χ4v) is 5.26. The molecule has 15 heavy (non-hydrogen) atoms. The predicted molar refractivity (Wildman–Crippen MR) is 76.6 cm³/mol. The van der Waals surface area contributed by atoms with Crippen molar-refractivity contribution < 1.29 is 0 Å². The van der Waals surface area contributed by atoms with Gasteiger partial charge in [-0.3, -0.25) is 0 Å². The first-order valence-corrected chi connectivity index (χ1v) is 8.88. The Morgan fingerprint density at radius 2 is 1.67 bits per heavy atom. The van der Waals surface area contributed by atoms with E-state index < -0.39 is 7.26 Å². The zero-order chi connectivity index (χ0) is 11.9. The Kier molecular flexibility index (Phi) is 6.76. The Labute approximate surface area is 97.9 Å². The largest absolute Gasteiger partial charge is 0.0995 e. The van der Waals surface area contributed by atoms with Crippen LogP contribution in [0.2, 0.25) is 0 Å². The lowest BCUT2D eigenvalue weighted by atomic mass is 9.91. The lowest BCUT2D eigenvalue weighted by Gasteiger charge is -2.25. The summed E-state index contributed by atoms with van der Waals surface area (Å²) in [4.78, 5) is 0. The topological polar surface area (TPSA) is 0 Å². The van der Waals surface area contributed by atoms with E-state index in [9.17, 15) is 0 Å². The van der Waals surface area contributed by atoms with E-state index in [-0.39, 0.29) is 0 Å². The Balaban J connectivity index is 4.12. The van der Waals surface area contributed by atoms with Crippen LogP contribution in [0.25, 0.3) is 0 Å². The van der Waals surface area contributed by atoms with Crippen molar-refractivity contribution in [1.82, 2.24) is 0 Å². The molecule has 0 rings (SSSR count). The number of allylic oxidation sites excluding steroid dienone is 1. The maximum absolute atomic E-state index is 3.93. The molecule has 0 atom stereocenters. The average molecular weight is 229 g/mol. The Morgan fingerprint density at radius 3 is 2.00 bits per heavy atom. The minimum atomic E-state index is -0.662. The SMILES string of the molecule is C=CC[P+](CC)(CC)CCCC(C)(C)C. The van der Waals surface area contributed by atoms with Gasteiger partial charge in [0.1, 0.15) is 0 Å². The van der Waals surface area contributed by atoms with Crippen molar-refractivity contribution in [3.05, 3.63) is 12.7 Å². The molecule has 0 heterocycles. The molecule has 0 fully saturated rings. The third-order valence-electron chi connectivity index (χ3n) is 3.42. The molecule has 1 heteroatoms. The molecule has 0 aliphatic heterocycles. The van der Waals surface area contributed by atoms with Gasteiger partial charge in [0.2, 0.25) is 0 Å². The molecule has 0 N–H and O–H groups in total. The van der Waals surface area contributed by atoms with Gasteiger partial charge in [0, 0.05) is 7.26 Å². The summed E-state index contributed by atoms with van der Waals surface area (Å²) in [6.07, 6.45) is 10.5. The van der Waals surface area contributed by atoms with Crippen molar-refractivity contribution >= 4 is 7.26 Å². The maximum Gasteiger partial charge on any atom is 0.0770 e. The van der Waals surface area contributed by atoms with Gasteiger partial charge in [0.05, 0.1) is 24.6 Å². The Morgan fingerprint density at radius 1 is 1.13 bits per heavy atom.